The third-order valence-corrected chi connectivity index (χ3v) is 3.10. The van der Waals surface area contributed by atoms with Crippen LogP contribution in [0.2, 0.25) is 0 Å². The molecule has 2 atom stereocenters. The maximum absolute atomic E-state index is 11.9. The maximum Gasteiger partial charge on any atom is 0.326 e. The van der Waals surface area contributed by atoms with Crippen LogP contribution in [-0.4, -0.2) is 23.0 Å². The van der Waals surface area contributed by atoms with E-state index in [4.69, 9.17) is 10.8 Å². The number of amides is 1. The summed E-state index contributed by atoms with van der Waals surface area (Å²) < 4.78 is 0. The van der Waals surface area contributed by atoms with Gasteiger partial charge in [0.25, 0.3) is 0 Å². The Morgan fingerprint density at radius 3 is 2.39 bits per heavy atom. The lowest BCUT2D eigenvalue weighted by atomic mass is 10.1. The summed E-state index contributed by atoms with van der Waals surface area (Å²) in [6.07, 6.45) is 1.69. The van der Waals surface area contributed by atoms with Gasteiger partial charge >= 0.3 is 5.97 Å². The quantitative estimate of drug-likeness (QED) is 0.714. The predicted molar refractivity (Wildman–Crippen MR) is 65.7 cm³/mol. The zero-order valence-corrected chi connectivity index (χ0v) is 9.87. The van der Waals surface area contributed by atoms with E-state index in [0.29, 0.717) is 5.56 Å². The van der Waals surface area contributed by atoms with Gasteiger partial charge in [-0.3, -0.25) is 4.79 Å². The summed E-state index contributed by atoms with van der Waals surface area (Å²) in [7, 11) is 0. The van der Waals surface area contributed by atoms with Crippen LogP contribution in [0.5, 0.6) is 0 Å². The van der Waals surface area contributed by atoms with Crippen LogP contribution in [0.25, 0.3) is 0 Å². The van der Waals surface area contributed by atoms with Crippen LogP contribution >= 0.6 is 0 Å². The summed E-state index contributed by atoms with van der Waals surface area (Å²) in [6, 6.07) is 7.27. The monoisotopic (exact) mass is 248 g/mol. The molecule has 96 valence electrons. The van der Waals surface area contributed by atoms with E-state index < -0.39 is 24.0 Å². The van der Waals surface area contributed by atoms with E-state index in [2.05, 4.69) is 5.32 Å². The summed E-state index contributed by atoms with van der Waals surface area (Å²) in [6.45, 7) is 0. The third-order valence-electron chi connectivity index (χ3n) is 3.10. The van der Waals surface area contributed by atoms with Crippen molar-refractivity contribution < 1.29 is 14.7 Å². The number of carbonyl (C=O) groups excluding carboxylic acids is 1. The molecule has 5 nitrogen and oxygen atoms in total. The van der Waals surface area contributed by atoms with Crippen LogP contribution in [-0.2, 0) is 9.59 Å². The molecule has 1 aliphatic carbocycles. The van der Waals surface area contributed by atoms with Crippen molar-refractivity contribution in [3.63, 3.8) is 0 Å². The number of hydrogen-bond acceptors (Lipinski definition) is 3. The summed E-state index contributed by atoms with van der Waals surface area (Å²) in [5, 5.41) is 11.5. The van der Waals surface area contributed by atoms with Crippen molar-refractivity contribution in [2.24, 2.45) is 11.7 Å². The first-order chi connectivity index (χ1) is 8.59. The Balaban J connectivity index is 2.00. The molecule has 1 aromatic rings. The van der Waals surface area contributed by atoms with E-state index in [-0.39, 0.29) is 5.92 Å². The molecule has 1 aromatic carbocycles. The largest absolute Gasteiger partial charge is 0.480 e. The molecule has 0 aliphatic heterocycles. The number of nitrogens with one attached hydrogen (secondary N) is 1. The number of aliphatic carboxylic acids is 1. The molecule has 0 bridgehead atoms. The smallest absolute Gasteiger partial charge is 0.326 e. The number of carboxylic acid groups (broad SMARTS) is 1. The van der Waals surface area contributed by atoms with Crippen LogP contribution in [0.15, 0.2) is 30.3 Å². The molecule has 1 unspecified atom stereocenters. The van der Waals surface area contributed by atoms with Crippen molar-refractivity contribution in [2.45, 2.75) is 24.9 Å². The highest BCUT2D eigenvalue weighted by molar-refractivity contribution is 5.87. The Labute approximate surface area is 105 Å². The molecule has 4 N–H and O–H groups in total. The Kier molecular flexibility index (Phi) is 3.62. The fraction of sp³-hybridized carbons (Fsp3) is 0.385. The van der Waals surface area contributed by atoms with Crippen LogP contribution < -0.4 is 11.1 Å². The minimum atomic E-state index is -0.994. The molecule has 1 amide bonds. The summed E-state index contributed by atoms with van der Waals surface area (Å²) >= 11 is 0. The molecular weight excluding hydrogens is 232 g/mol. The van der Waals surface area contributed by atoms with Gasteiger partial charge < -0.3 is 16.2 Å². The molecule has 0 aromatic heterocycles. The van der Waals surface area contributed by atoms with Crippen molar-refractivity contribution in [1.29, 1.82) is 0 Å². The average Bonchev–Trinajstić information content (AvgIpc) is 3.19. The van der Waals surface area contributed by atoms with E-state index >= 15 is 0 Å². The molecule has 1 aliphatic rings. The van der Waals surface area contributed by atoms with Gasteiger partial charge in [-0.05, 0) is 24.3 Å². The van der Waals surface area contributed by atoms with Crippen LogP contribution in [0.3, 0.4) is 0 Å². The molecule has 0 spiro atoms. The van der Waals surface area contributed by atoms with Gasteiger partial charge in [-0.25, -0.2) is 4.79 Å². The Morgan fingerprint density at radius 2 is 1.89 bits per heavy atom. The molecule has 0 saturated heterocycles. The van der Waals surface area contributed by atoms with Gasteiger partial charge in [0.1, 0.15) is 12.1 Å². The first-order valence-corrected chi connectivity index (χ1v) is 5.93. The van der Waals surface area contributed by atoms with Gasteiger partial charge in [0.15, 0.2) is 0 Å². The SMILES string of the molecule is N[C@H](C(=O)NC(C(=O)O)C1CC1)c1ccccc1. The fourth-order valence-corrected chi connectivity index (χ4v) is 1.87. The second kappa shape index (κ2) is 5.18. The molecule has 1 fully saturated rings. The lowest BCUT2D eigenvalue weighted by molar-refractivity contribution is -0.142. The van der Waals surface area contributed by atoms with Crippen molar-refractivity contribution >= 4 is 11.9 Å². The van der Waals surface area contributed by atoms with Crippen LogP contribution in [0.4, 0.5) is 0 Å². The van der Waals surface area contributed by atoms with Gasteiger partial charge in [0, 0.05) is 0 Å². The van der Waals surface area contributed by atoms with Gasteiger partial charge in [0.2, 0.25) is 5.91 Å². The van der Waals surface area contributed by atoms with Gasteiger partial charge in [0.05, 0.1) is 0 Å². The molecule has 0 heterocycles. The van der Waals surface area contributed by atoms with E-state index in [1.165, 1.54) is 0 Å². The van der Waals surface area contributed by atoms with Gasteiger partial charge in [-0.2, -0.15) is 0 Å². The molecule has 2 rings (SSSR count). The lowest BCUT2D eigenvalue weighted by Crippen LogP contribution is -2.46. The number of carboxylic acids is 1. The molecule has 0 radical (unpaired) electrons. The number of nitrogens with two attached hydrogens (primary N) is 1. The molecule has 1 saturated carbocycles. The van der Waals surface area contributed by atoms with E-state index in [1.807, 2.05) is 6.07 Å². The highest BCUT2D eigenvalue weighted by atomic mass is 16.4. The van der Waals surface area contributed by atoms with Crippen molar-refractivity contribution in [3.8, 4) is 0 Å². The average molecular weight is 248 g/mol. The van der Waals surface area contributed by atoms with Crippen molar-refractivity contribution in [1.82, 2.24) is 5.32 Å². The van der Waals surface area contributed by atoms with Crippen LogP contribution in [0, 0.1) is 5.92 Å². The normalized spacial score (nSPS) is 17.8. The van der Waals surface area contributed by atoms with E-state index in [1.54, 1.807) is 24.3 Å². The van der Waals surface area contributed by atoms with Crippen molar-refractivity contribution in [3.05, 3.63) is 35.9 Å². The summed E-state index contributed by atoms with van der Waals surface area (Å²) in [5.41, 5.74) is 6.48. The second-order valence-electron chi connectivity index (χ2n) is 4.55. The topological polar surface area (TPSA) is 92.4 Å². The first kappa shape index (κ1) is 12.6. The van der Waals surface area contributed by atoms with Gasteiger partial charge in [-0.15, -0.1) is 0 Å². The highest BCUT2D eigenvalue weighted by Crippen LogP contribution is 2.32. The second-order valence-corrected chi connectivity index (χ2v) is 4.55. The lowest BCUT2D eigenvalue weighted by Gasteiger charge is -2.17. The standard InChI is InChI=1S/C13H16N2O3/c14-10(8-4-2-1-3-5-8)12(16)15-11(13(17)18)9-6-7-9/h1-5,9-11H,6-7,14H2,(H,15,16)(H,17,18)/t10-,11?/m0/s1. The Morgan fingerprint density at radius 1 is 1.28 bits per heavy atom. The molecule has 18 heavy (non-hydrogen) atoms. The maximum atomic E-state index is 11.9. The third kappa shape index (κ3) is 2.87. The zero-order valence-electron chi connectivity index (χ0n) is 9.87. The van der Waals surface area contributed by atoms with E-state index in [0.717, 1.165) is 12.8 Å². The summed E-state index contributed by atoms with van der Waals surface area (Å²) in [5.74, 6) is -1.39. The van der Waals surface area contributed by atoms with Crippen molar-refractivity contribution in [2.75, 3.05) is 0 Å². The fourth-order valence-electron chi connectivity index (χ4n) is 1.87. The molecule has 5 heteroatoms. The number of rotatable bonds is 5. The van der Waals surface area contributed by atoms with Gasteiger partial charge in [-0.1, -0.05) is 30.3 Å². The number of benzene rings is 1. The Bertz CT molecular complexity index is 443. The first-order valence-electron chi connectivity index (χ1n) is 5.93. The Hall–Kier alpha value is -1.88. The summed E-state index contributed by atoms with van der Waals surface area (Å²) in [4.78, 5) is 22.9. The number of hydrogen-bond donors (Lipinski definition) is 3. The predicted octanol–water partition coefficient (Wildman–Crippen LogP) is 0.666. The van der Waals surface area contributed by atoms with E-state index in [9.17, 15) is 9.59 Å². The molecular formula is C13H16N2O3. The zero-order chi connectivity index (χ0) is 13.1. The minimum Gasteiger partial charge on any atom is -0.480 e. The minimum absolute atomic E-state index is 0.0504. The number of carbonyl (C=O) groups is 2. The van der Waals surface area contributed by atoms with Crippen LogP contribution in [0.1, 0.15) is 24.4 Å². The highest BCUT2D eigenvalue weighted by Gasteiger charge is 2.38.